The van der Waals surface area contributed by atoms with Crippen LogP contribution in [0, 0.1) is 17.8 Å². The molecule has 1 amide bonds. The maximum atomic E-state index is 13.1. The molecule has 0 aromatic heterocycles. The first-order valence-corrected chi connectivity index (χ1v) is 11.3. The van der Waals surface area contributed by atoms with Crippen LogP contribution in [0.4, 0.5) is 0 Å². The number of nitrogens with zero attached hydrogens (tertiary/aromatic N) is 1. The van der Waals surface area contributed by atoms with Gasteiger partial charge in [0.2, 0.25) is 5.91 Å². The van der Waals surface area contributed by atoms with E-state index in [4.69, 9.17) is 4.74 Å². The molecule has 1 saturated carbocycles. The third-order valence-corrected chi connectivity index (χ3v) is 6.04. The second-order valence-electron chi connectivity index (χ2n) is 7.46. The van der Waals surface area contributed by atoms with E-state index < -0.39 is 29.7 Å². The molecule has 2 N–H and O–H groups in total. The molecule has 0 bridgehead atoms. The third-order valence-electron chi connectivity index (χ3n) is 5.45. The molecule has 0 radical (unpaired) electrons. The van der Waals surface area contributed by atoms with Gasteiger partial charge in [0.1, 0.15) is 11.5 Å². The summed E-state index contributed by atoms with van der Waals surface area (Å²) >= 11 is 1.59. The Morgan fingerprint density at radius 3 is 2.19 bits per heavy atom. The molecule has 0 spiro atoms. The summed E-state index contributed by atoms with van der Waals surface area (Å²) in [6, 6.07) is 16.8. The standard InChI is InChI=1S/C23H25NO6S/c1-31-12-11-24(21(25)18-13-19(22(26)27)20(18)23(28)29)14-15-7-9-17(10-8-15)30-16-5-3-2-4-6-16/h2-10,18-20H,11-14H2,1H3,(H,26,27)(H,28,29). The molecule has 164 valence electrons. The number of aliphatic carboxylic acids is 2. The molecule has 3 rings (SSSR count). The van der Waals surface area contributed by atoms with E-state index in [2.05, 4.69) is 0 Å². The van der Waals surface area contributed by atoms with Crippen molar-refractivity contribution in [3.05, 3.63) is 60.2 Å². The zero-order valence-electron chi connectivity index (χ0n) is 17.1. The van der Waals surface area contributed by atoms with Gasteiger partial charge in [-0.3, -0.25) is 14.4 Å². The molecule has 0 aliphatic heterocycles. The number of hydrogen-bond donors (Lipinski definition) is 2. The van der Waals surface area contributed by atoms with Crippen LogP contribution in [0.25, 0.3) is 0 Å². The minimum atomic E-state index is -1.23. The number of amides is 1. The van der Waals surface area contributed by atoms with Gasteiger partial charge in [0.05, 0.1) is 17.8 Å². The van der Waals surface area contributed by atoms with Crippen LogP contribution < -0.4 is 4.74 Å². The van der Waals surface area contributed by atoms with E-state index in [1.807, 2.05) is 60.9 Å². The summed E-state index contributed by atoms with van der Waals surface area (Å²) < 4.78 is 5.79. The van der Waals surface area contributed by atoms with E-state index in [0.29, 0.717) is 24.6 Å². The average Bonchev–Trinajstić information content (AvgIpc) is 2.71. The van der Waals surface area contributed by atoms with E-state index in [-0.39, 0.29) is 12.3 Å². The molecule has 2 aromatic carbocycles. The lowest BCUT2D eigenvalue weighted by molar-refractivity contribution is -0.171. The second kappa shape index (κ2) is 10.3. The summed E-state index contributed by atoms with van der Waals surface area (Å²) in [6.45, 7) is 0.786. The fourth-order valence-corrected chi connectivity index (χ4v) is 4.12. The first kappa shape index (κ1) is 22.7. The van der Waals surface area contributed by atoms with Crippen LogP contribution in [-0.2, 0) is 20.9 Å². The van der Waals surface area contributed by atoms with Gasteiger partial charge < -0.3 is 19.8 Å². The Hall–Kier alpha value is -3.00. The molecule has 1 aliphatic rings. The Balaban J connectivity index is 1.69. The van der Waals surface area contributed by atoms with Gasteiger partial charge >= 0.3 is 11.9 Å². The number of carboxylic acid groups (broad SMARTS) is 2. The summed E-state index contributed by atoms with van der Waals surface area (Å²) in [5.74, 6) is -3.59. The monoisotopic (exact) mass is 443 g/mol. The highest BCUT2D eigenvalue weighted by Crippen LogP contribution is 2.42. The highest BCUT2D eigenvalue weighted by Gasteiger charge is 2.54. The van der Waals surface area contributed by atoms with Gasteiger partial charge in [-0.25, -0.2) is 0 Å². The number of rotatable bonds is 10. The van der Waals surface area contributed by atoms with Crippen molar-refractivity contribution in [2.45, 2.75) is 13.0 Å². The fourth-order valence-electron chi connectivity index (χ4n) is 3.72. The average molecular weight is 444 g/mol. The first-order valence-electron chi connectivity index (χ1n) is 9.96. The van der Waals surface area contributed by atoms with Gasteiger partial charge in [-0.05, 0) is 42.5 Å². The number of benzene rings is 2. The SMILES string of the molecule is CSCCN(Cc1ccc(Oc2ccccc2)cc1)C(=O)C1CC(C(=O)O)C1C(=O)O. The molecule has 3 atom stereocenters. The number of para-hydroxylation sites is 1. The van der Waals surface area contributed by atoms with Crippen LogP contribution in [0.3, 0.4) is 0 Å². The number of carbonyl (C=O) groups is 3. The summed E-state index contributed by atoms with van der Waals surface area (Å²) in [4.78, 5) is 37.5. The van der Waals surface area contributed by atoms with Crippen LogP contribution in [0.15, 0.2) is 54.6 Å². The molecule has 0 saturated heterocycles. The molecule has 3 unspecified atom stereocenters. The quantitative estimate of drug-likeness (QED) is 0.578. The van der Waals surface area contributed by atoms with E-state index in [9.17, 15) is 24.6 Å². The molecule has 1 fully saturated rings. The lowest BCUT2D eigenvalue weighted by atomic mass is 9.64. The number of carbonyl (C=O) groups excluding carboxylic acids is 1. The highest BCUT2D eigenvalue weighted by atomic mass is 32.2. The normalized spacial score (nSPS) is 19.8. The minimum Gasteiger partial charge on any atom is -0.481 e. The first-order chi connectivity index (χ1) is 14.9. The third kappa shape index (κ3) is 5.58. The Bertz CT molecular complexity index is 917. The van der Waals surface area contributed by atoms with Crippen LogP contribution in [-0.4, -0.2) is 51.5 Å². The predicted octanol–water partition coefficient (Wildman–Crippen LogP) is 3.59. The van der Waals surface area contributed by atoms with Crippen LogP contribution in [0.1, 0.15) is 12.0 Å². The lowest BCUT2D eigenvalue weighted by Crippen LogP contribution is -2.53. The van der Waals surface area contributed by atoms with Crippen molar-refractivity contribution in [3.63, 3.8) is 0 Å². The topological polar surface area (TPSA) is 104 Å². The molecular formula is C23H25NO6S. The summed E-state index contributed by atoms with van der Waals surface area (Å²) in [5, 5.41) is 18.6. The van der Waals surface area contributed by atoms with E-state index in [0.717, 1.165) is 11.3 Å². The van der Waals surface area contributed by atoms with E-state index >= 15 is 0 Å². The van der Waals surface area contributed by atoms with Crippen LogP contribution >= 0.6 is 11.8 Å². The molecule has 1 aliphatic carbocycles. The van der Waals surface area contributed by atoms with Crippen molar-refractivity contribution >= 4 is 29.6 Å². The van der Waals surface area contributed by atoms with Gasteiger partial charge in [-0.2, -0.15) is 11.8 Å². The fraction of sp³-hybridized carbons (Fsp3) is 0.348. The van der Waals surface area contributed by atoms with Crippen molar-refractivity contribution in [1.29, 1.82) is 0 Å². The highest BCUT2D eigenvalue weighted by molar-refractivity contribution is 7.98. The Kier molecular flexibility index (Phi) is 7.57. The maximum Gasteiger partial charge on any atom is 0.308 e. The number of hydrogen-bond acceptors (Lipinski definition) is 5. The zero-order valence-corrected chi connectivity index (χ0v) is 18.0. The predicted molar refractivity (Wildman–Crippen MR) is 117 cm³/mol. The smallest absolute Gasteiger partial charge is 0.308 e. The van der Waals surface area contributed by atoms with Crippen molar-refractivity contribution in [1.82, 2.24) is 4.90 Å². The summed E-state index contributed by atoms with van der Waals surface area (Å²) in [7, 11) is 0. The Morgan fingerprint density at radius 1 is 0.968 bits per heavy atom. The summed E-state index contributed by atoms with van der Waals surface area (Å²) in [5.41, 5.74) is 0.885. The molecule has 0 heterocycles. The number of carboxylic acids is 2. The van der Waals surface area contributed by atoms with Crippen LogP contribution in [0.2, 0.25) is 0 Å². The van der Waals surface area contributed by atoms with Gasteiger partial charge in [0.25, 0.3) is 0 Å². The minimum absolute atomic E-state index is 0.0603. The number of ether oxygens (including phenoxy) is 1. The zero-order chi connectivity index (χ0) is 22.4. The maximum absolute atomic E-state index is 13.1. The van der Waals surface area contributed by atoms with Crippen molar-refractivity contribution in [2.24, 2.45) is 17.8 Å². The number of thioether (sulfide) groups is 1. The van der Waals surface area contributed by atoms with E-state index in [1.54, 1.807) is 16.7 Å². The lowest BCUT2D eigenvalue weighted by Gasteiger charge is -2.40. The Morgan fingerprint density at radius 2 is 1.61 bits per heavy atom. The molecule has 2 aromatic rings. The van der Waals surface area contributed by atoms with Crippen molar-refractivity contribution < 1.29 is 29.3 Å². The van der Waals surface area contributed by atoms with E-state index in [1.165, 1.54) is 0 Å². The molecule has 7 nitrogen and oxygen atoms in total. The van der Waals surface area contributed by atoms with Crippen LogP contribution in [0.5, 0.6) is 11.5 Å². The van der Waals surface area contributed by atoms with Crippen molar-refractivity contribution in [2.75, 3.05) is 18.6 Å². The van der Waals surface area contributed by atoms with Gasteiger partial charge in [0.15, 0.2) is 0 Å². The largest absolute Gasteiger partial charge is 0.481 e. The second-order valence-corrected chi connectivity index (χ2v) is 8.45. The summed E-state index contributed by atoms with van der Waals surface area (Å²) in [6.07, 6.45) is 1.99. The van der Waals surface area contributed by atoms with Gasteiger partial charge in [-0.1, -0.05) is 30.3 Å². The molecular weight excluding hydrogens is 418 g/mol. The Labute approximate surface area is 185 Å². The van der Waals surface area contributed by atoms with Gasteiger partial charge in [-0.15, -0.1) is 0 Å². The molecule has 8 heteroatoms. The van der Waals surface area contributed by atoms with Crippen molar-refractivity contribution in [3.8, 4) is 11.5 Å². The van der Waals surface area contributed by atoms with Gasteiger partial charge in [0, 0.05) is 18.8 Å². The molecule has 31 heavy (non-hydrogen) atoms.